The minimum atomic E-state index is -0.455. The molecule has 3 aliphatic rings. The number of phenolic OH excluding ortho intramolecular Hbond substituents is 1. The average molecular weight is 564 g/mol. The van der Waals surface area contributed by atoms with E-state index in [1.165, 1.54) is 6.08 Å². The minimum Gasteiger partial charge on any atom is -0.506 e. The summed E-state index contributed by atoms with van der Waals surface area (Å²) in [5.74, 6) is 0.166. The van der Waals surface area contributed by atoms with Crippen molar-refractivity contribution < 1.29 is 14.7 Å². The van der Waals surface area contributed by atoms with E-state index in [1.54, 1.807) is 15.9 Å². The summed E-state index contributed by atoms with van der Waals surface area (Å²) in [6.45, 7) is 4.74. The van der Waals surface area contributed by atoms with Gasteiger partial charge in [0.2, 0.25) is 5.91 Å². The van der Waals surface area contributed by atoms with E-state index in [0.29, 0.717) is 48.7 Å². The van der Waals surface area contributed by atoms with Gasteiger partial charge in [-0.3, -0.25) is 9.59 Å². The average Bonchev–Trinajstić information content (AvgIpc) is 3.69. The van der Waals surface area contributed by atoms with Crippen LogP contribution in [0.4, 0.5) is 5.69 Å². The fraction of sp³-hybridized carbons (Fsp3) is 0.346. The monoisotopic (exact) mass is 563 g/mol. The van der Waals surface area contributed by atoms with E-state index in [1.807, 2.05) is 16.8 Å². The van der Waals surface area contributed by atoms with Crippen molar-refractivity contribution in [1.29, 1.82) is 0 Å². The Hall–Kier alpha value is -3.73. The maximum absolute atomic E-state index is 13.7. The van der Waals surface area contributed by atoms with Gasteiger partial charge < -0.3 is 20.6 Å². The van der Waals surface area contributed by atoms with Crippen molar-refractivity contribution in [3.8, 4) is 11.4 Å². The van der Waals surface area contributed by atoms with Crippen LogP contribution in [0.25, 0.3) is 5.69 Å². The lowest BCUT2D eigenvalue weighted by atomic mass is 9.95. The van der Waals surface area contributed by atoms with Gasteiger partial charge in [-0.1, -0.05) is 12.6 Å². The van der Waals surface area contributed by atoms with E-state index in [0.717, 1.165) is 35.4 Å². The van der Waals surface area contributed by atoms with Crippen LogP contribution >= 0.6 is 15.9 Å². The third kappa shape index (κ3) is 4.07. The van der Waals surface area contributed by atoms with Gasteiger partial charge in [-0.15, -0.1) is 10.2 Å². The number of anilines is 1. The van der Waals surface area contributed by atoms with Crippen molar-refractivity contribution >= 4 is 33.4 Å². The Labute approximate surface area is 221 Å². The van der Waals surface area contributed by atoms with Crippen molar-refractivity contribution in [2.45, 2.75) is 37.6 Å². The lowest BCUT2D eigenvalue weighted by molar-refractivity contribution is -0.126. The molecule has 2 amide bonds. The number of benzene rings is 1. The molecule has 1 unspecified atom stereocenters. The first kappa shape index (κ1) is 23.7. The summed E-state index contributed by atoms with van der Waals surface area (Å²) in [6.07, 6.45) is 4.64. The largest absolute Gasteiger partial charge is 0.506 e. The maximum atomic E-state index is 13.7. The third-order valence-corrected chi connectivity index (χ3v) is 7.82. The van der Waals surface area contributed by atoms with Crippen LogP contribution in [0, 0.1) is 0 Å². The summed E-state index contributed by atoms with van der Waals surface area (Å²) < 4.78 is 2.25. The second-order valence-corrected chi connectivity index (χ2v) is 10.5. The van der Waals surface area contributed by atoms with Gasteiger partial charge in [0, 0.05) is 38.0 Å². The van der Waals surface area contributed by atoms with E-state index in [4.69, 9.17) is 10.8 Å². The summed E-state index contributed by atoms with van der Waals surface area (Å²) in [5.41, 5.74) is 10.8. The smallest absolute Gasteiger partial charge is 0.277 e. The highest BCUT2D eigenvalue weighted by Crippen LogP contribution is 2.43. The second kappa shape index (κ2) is 8.98. The number of rotatable bonds is 4. The van der Waals surface area contributed by atoms with Crippen LogP contribution in [0.1, 0.15) is 57.8 Å². The fourth-order valence-electron chi connectivity index (χ4n) is 5.44. The zero-order valence-electron chi connectivity index (χ0n) is 20.1. The van der Waals surface area contributed by atoms with E-state index in [-0.39, 0.29) is 28.9 Å². The molecule has 190 valence electrons. The maximum Gasteiger partial charge on any atom is 0.277 e. The molecule has 1 saturated carbocycles. The topological polar surface area (TPSA) is 130 Å². The number of nitrogens with zero attached hydrogens (tertiary/aromatic N) is 6. The summed E-state index contributed by atoms with van der Waals surface area (Å²) in [4.78, 5) is 29.7. The Bertz CT molecular complexity index is 1450. The molecule has 1 atom stereocenters. The number of carbonyl (C=O) groups excluding carboxylic acids is 2. The Balaban J connectivity index is 1.43. The molecule has 2 aliphatic heterocycles. The normalized spacial score (nSPS) is 18.8. The van der Waals surface area contributed by atoms with Gasteiger partial charge in [-0.05, 0) is 64.5 Å². The molecule has 1 fully saturated rings. The van der Waals surface area contributed by atoms with Crippen LogP contribution in [-0.2, 0) is 17.6 Å². The Kier molecular flexibility index (Phi) is 5.74. The zero-order chi connectivity index (χ0) is 25.8. The van der Waals surface area contributed by atoms with Gasteiger partial charge in [-0.25, -0.2) is 4.68 Å². The highest BCUT2D eigenvalue weighted by atomic mass is 79.9. The first-order valence-electron chi connectivity index (χ1n) is 12.3. The zero-order valence-corrected chi connectivity index (χ0v) is 21.7. The van der Waals surface area contributed by atoms with Crippen molar-refractivity contribution in [1.82, 2.24) is 29.8 Å². The van der Waals surface area contributed by atoms with Crippen LogP contribution < -0.4 is 5.73 Å². The number of phenols is 1. The summed E-state index contributed by atoms with van der Waals surface area (Å²) >= 11 is 3.23. The number of nitrogens with two attached hydrogens (primary N) is 1. The Morgan fingerprint density at radius 1 is 1.16 bits per heavy atom. The minimum absolute atomic E-state index is 0.0692. The standard InChI is InChI=1S/C26H26BrN7O3/c1-2-23(36)32-9-7-17-24-19(34(31-17)18-6-5-15(11-21(18)35)14-3-4-14)8-10-33(20(24)13-32)26(37)25-16(28)12-22(27)29-30-25/h2,5-6,11-12,14,20,35H,1,3-4,7-10,13H2,(H2,28,29). The molecule has 37 heavy (non-hydrogen) atoms. The number of carbonyl (C=O) groups is 2. The number of aromatic hydroxyl groups is 1. The van der Waals surface area contributed by atoms with E-state index < -0.39 is 6.04 Å². The highest BCUT2D eigenvalue weighted by molar-refractivity contribution is 9.10. The van der Waals surface area contributed by atoms with Crippen LogP contribution in [0.3, 0.4) is 0 Å². The molecule has 3 aromatic rings. The van der Waals surface area contributed by atoms with Crippen LogP contribution in [0.15, 0.2) is 41.5 Å². The molecule has 6 rings (SSSR count). The van der Waals surface area contributed by atoms with Crippen LogP contribution in [-0.4, -0.2) is 66.3 Å². The SMILES string of the molecule is C=CC(=O)N1CCc2nn(-c3ccc(C4CC4)cc3O)c3c2C(C1)N(C(=O)c1nnc(Br)cc1N)CC3. The predicted octanol–water partition coefficient (Wildman–Crippen LogP) is 2.90. The van der Waals surface area contributed by atoms with Crippen molar-refractivity contribution in [2.75, 3.05) is 25.4 Å². The van der Waals surface area contributed by atoms with E-state index in [2.05, 4.69) is 38.8 Å². The molecule has 4 heterocycles. The molecule has 11 heteroatoms. The number of aromatic nitrogens is 4. The van der Waals surface area contributed by atoms with Crippen molar-refractivity contribution in [2.24, 2.45) is 0 Å². The van der Waals surface area contributed by atoms with Crippen molar-refractivity contribution in [3.05, 3.63) is 69.7 Å². The highest BCUT2D eigenvalue weighted by Gasteiger charge is 2.41. The molecule has 10 nitrogen and oxygen atoms in total. The molecule has 0 radical (unpaired) electrons. The number of halogens is 1. The lowest BCUT2D eigenvalue weighted by Crippen LogP contribution is -2.46. The second-order valence-electron chi connectivity index (χ2n) is 9.72. The molecular weight excluding hydrogens is 538 g/mol. The molecule has 2 aromatic heterocycles. The predicted molar refractivity (Wildman–Crippen MR) is 139 cm³/mol. The van der Waals surface area contributed by atoms with E-state index >= 15 is 0 Å². The number of amides is 2. The number of hydrogen-bond donors (Lipinski definition) is 2. The molecule has 1 aliphatic carbocycles. The van der Waals surface area contributed by atoms with E-state index in [9.17, 15) is 14.7 Å². The quantitative estimate of drug-likeness (QED) is 0.466. The summed E-state index contributed by atoms with van der Waals surface area (Å²) in [6, 6.07) is 6.91. The molecule has 0 saturated heterocycles. The van der Waals surface area contributed by atoms with Crippen molar-refractivity contribution in [3.63, 3.8) is 0 Å². The number of hydrogen-bond acceptors (Lipinski definition) is 7. The van der Waals surface area contributed by atoms with Gasteiger partial charge in [0.15, 0.2) is 5.69 Å². The molecular formula is C26H26BrN7O3. The Morgan fingerprint density at radius 3 is 2.68 bits per heavy atom. The van der Waals surface area contributed by atoms with Gasteiger partial charge in [-0.2, -0.15) is 5.10 Å². The molecule has 0 bridgehead atoms. The van der Waals surface area contributed by atoms with Crippen LogP contribution in [0.5, 0.6) is 5.75 Å². The Morgan fingerprint density at radius 2 is 1.97 bits per heavy atom. The van der Waals surface area contributed by atoms with Gasteiger partial charge in [0.25, 0.3) is 5.91 Å². The first-order chi connectivity index (χ1) is 17.9. The van der Waals surface area contributed by atoms with Gasteiger partial charge in [0.05, 0.1) is 23.1 Å². The van der Waals surface area contributed by atoms with Gasteiger partial charge >= 0.3 is 0 Å². The summed E-state index contributed by atoms with van der Waals surface area (Å²) in [5, 5.41) is 23.8. The fourth-order valence-corrected chi connectivity index (χ4v) is 5.77. The first-order valence-corrected chi connectivity index (χ1v) is 13.1. The van der Waals surface area contributed by atoms with Gasteiger partial charge in [0.1, 0.15) is 16.0 Å². The third-order valence-electron chi connectivity index (χ3n) is 7.43. The number of nitrogen functional groups attached to an aromatic ring is 1. The van der Waals surface area contributed by atoms with Crippen LogP contribution in [0.2, 0.25) is 0 Å². The molecule has 0 spiro atoms. The lowest BCUT2D eigenvalue weighted by Gasteiger charge is -2.37. The summed E-state index contributed by atoms with van der Waals surface area (Å²) in [7, 11) is 0. The molecule has 3 N–H and O–H groups in total. The molecule has 1 aromatic carbocycles.